The number of nitrogen functional groups attached to an aromatic ring is 1. The fraction of sp³-hybridized carbons (Fsp3) is 0.304. The number of rotatable bonds is 8. The Kier molecular flexibility index (Phi) is 7.24. The van der Waals surface area contributed by atoms with E-state index < -0.39 is 51.3 Å². The molecule has 1 unspecified atom stereocenters. The van der Waals surface area contributed by atoms with Crippen molar-refractivity contribution in [3.63, 3.8) is 0 Å². The third-order valence-corrected chi connectivity index (χ3v) is 5.06. The Morgan fingerprint density at radius 2 is 1.83 bits per heavy atom. The topological polar surface area (TPSA) is 193 Å². The summed E-state index contributed by atoms with van der Waals surface area (Å²) in [7, 11) is 1.51. The largest absolute Gasteiger partial charge is 0.497 e. The lowest BCUT2D eigenvalue weighted by Crippen LogP contribution is -2.25. The van der Waals surface area contributed by atoms with Gasteiger partial charge in [-0.05, 0) is 50.6 Å². The molecule has 0 spiro atoms. The Morgan fingerprint density at radius 3 is 2.36 bits per heavy atom. The SMILES string of the molecule is COc1ccc(Cn2nnc(C(O)c3ccc(C(=O)OC(C)(C)C)c(N)c3[N+](=O)[O-])c2C(=O)O)cc1. The van der Waals surface area contributed by atoms with Gasteiger partial charge in [0.15, 0.2) is 5.69 Å². The average molecular weight is 499 g/mol. The van der Waals surface area contributed by atoms with Crippen LogP contribution in [0.2, 0.25) is 0 Å². The number of nitrogens with two attached hydrogens (primary N) is 1. The first-order valence-electron chi connectivity index (χ1n) is 10.6. The number of aromatic nitrogens is 3. The van der Waals surface area contributed by atoms with Crippen LogP contribution in [0.15, 0.2) is 36.4 Å². The molecular weight excluding hydrogens is 474 g/mol. The molecule has 1 aromatic heterocycles. The number of ether oxygens (including phenoxy) is 2. The molecular formula is C23H25N5O8. The van der Waals surface area contributed by atoms with E-state index in [0.29, 0.717) is 11.3 Å². The summed E-state index contributed by atoms with van der Waals surface area (Å²) in [6, 6.07) is 9.03. The smallest absolute Gasteiger partial charge is 0.356 e. The first-order chi connectivity index (χ1) is 16.8. The van der Waals surface area contributed by atoms with E-state index in [4.69, 9.17) is 15.2 Å². The Morgan fingerprint density at radius 1 is 1.19 bits per heavy atom. The third-order valence-electron chi connectivity index (χ3n) is 5.06. The van der Waals surface area contributed by atoms with E-state index in [1.807, 2.05) is 0 Å². The Labute approximate surface area is 205 Å². The summed E-state index contributed by atoms with van der Waals surface area (Å²) in [5, 5.41) is 40.2. The van der Waals surface area contributed by atoms with E-state index >= 15 is 0 Å². The zero-order valence-corrected chi connectivity index (χ0v) is 20.0. The van der Waals surface area contributed by atoms with E-state index in [0.717, 1.165) is 16.8 Å². The minimum absolute atomic E-state index is 0.00678. The van der Waals surface area contributed by atoms with Crippen LogP contribution in [-0.4, -0.2) is 54.8 Å². The summed E-state index contributed by atoms with van der Waals surface area (Å²) < 4.78 is 11.4. The van der Waals surface area contributed by atoms with Gasteiger partial charge >= 0.3 is 11.9 Å². The van der Waals surface area contributed by atoms with Crippen molar-refractivity contribution in [1.29, 1.82) is 0 Å². The number of carboxylic acid groups (broad SMARTS) is 1. The maximum absolute atomic E-state index is 12.5. The van der Waals surface area contributed by atoms with Crippen molar-refractivity contribution in [2.75, 3.05) is 12.8 Å². The molecule has 1 heterocycles. The Balaban J connectivity index is 2.04. The predicted octanol–water partition coefficient (Wildman–Crippen LogP) is 2.56. The fourth-order valence-electron chi connectivity index (χ4n) is 3.45. The second kappa shape index (κ2) is 10.00. The number of methoxy groups -OCH3 is 1. The van der Waals surface area contributed by atoms with E-state index in [9.17, 15) is 29.9 Å². The monoisotopic (exact) mass is 499 g/mol. The normalized spacial score (nSPS) is 12.1. The van der Waals surface area contributed by atoms with Crippen molar-refractivity contribution in [3.05, 3.63) is 74.6 Å². The van der Waals surface area contributed by atoms with E-state index in [1.54, 1.807) is 45.0 Å². The van der Waals surface area contributed by atoms with Gasteiger partial charge in [-0.2, -0.15) is 0 Å². The van der Waals surface area contributed by atoms with Crippen molar-refractivity contribution in [2.45, 2.75) is 39.0 Å². The number of aliphatic hydroxyl groups is 1. The van der Waals surface area contributed by atoms with Crippen LogP contribution in [0.3, 0.4) is 0 Å². The molecule has 3 aromatic rings. The Bertz CT molecular complexity index is 1310. The molecule has 0 aliphatic carbocycles. The summed E-state index contributed by atoms with van der Waals surface area (Å²) in [6.07, 6.45) is -1.88. The minimum Gasteiger partial charge on any atom is -0.497 e. The van der Waals surface area contributed by atoms with Gasteiger partial charge in [0, 0.05) is 0 Å². The first-order valence-corrected chi connectivity index (χ1v) is 10.6. The van der Waals surface area contributed by atoms with Crippen LogP contribution >= 0.6 is 0 Å². The lowest BCUT2D eigenvalue weighted by Gasteiger charge is -2.20. The Hall–Kier alpha value is -4.52. The second-order valence-electron chi connectivity index (χ2n) is 8.76. The van der Waals surface area contributed by atoms with Gasteiger partial charge in [0.25, 0.3) is 5.69 Å². The number of hydrogen-bond donors (Lipinski definition) is 3. The van der Waals surface area contributed by atoms with E-state index in [2.05, 4.69) is 10.3 Å². The van der Waals surface area contributed by atoms with Crippen molar-refractivity contribution in [3.8, 4) is 5.75 Å². The van der Waals surface area contributed by atoms with Crippen molar-refractivity contribution in [2.24, 2.45) is 0 Å². The summed E-state index contributed by atoms with van der Waals surface area (Å²) >= 11 is 0. The zero-order chi connectivity index (χ0) is 26.8. The van der Waals surface area contributed by atoms with Gasteiger partial charge in [-0.3, -0.25) is 10.1 Å². The number of nitro groups is 1. The summed E-state index contributed by atoms with van der Waals surface area (Å²) in [5.41, 5.74) is 2.89. The highest BCUT2D eigenvalue weighted by Crippen LogP contribution is 2.37. The van der Waals surface area contributed by atoms with Gasteiger partial charge in [0.2, 0.25) is 0 Å². The summed E-state index contributed by atoms with van der Waals surface area (Å²) in [4.78, 5) is 35.5. The molecule has 0 amide bonds. The number of nitro benzene ring substituents is 1. The second-order valence-corrected chi connectivity index (χ2v) is 8.76. The molecule has 13 nitrogen and oxygen atoms in total. The fourth-order valence-corrected chi connectivity index (χ4v) is 3.45. The molecule has 4 N–H and O–H groups in total. The highest BCUT2D eigenvalue weighted by atomic mass is 16.6. The molecule has 190 valence electrons. The van der Waals surface area contributed by atoms with Crippen LogP contribution in [0.25, 0.3) is 0 Å². The molecule has 0 bridgehead atoms. The van der Waals surface area contributed by atoms with Crippen molar-refractivity contribution < 1.29 is 34.2 Å². The number of benzene rings is 2. The predicted molar refractivity (Wildman–Crippen MR) is 126 cm³/mol. The van der Waals surface area contributed by atoms with Gasteiger partial charge in [-0.25, -0.2) is 14.3 Å². The number of anilines is 1. The van der Waals surface area contributed by atoms with Crippen LogP contribution in [0, 0.1) is 10.1 Å². The van der Waals surface area contributed by atoms with Crippen LogP contribution < -0.4 is 10.5 Å². The molecule has 3 rings (SSSR count). The minimum atomic E-state index is -1.88. The van der Waals surface area contributed by atoms with E-state index in [-0.39, 0.29) is 17.7 Å². The highest BCUT2D eigenvalue weighted by molar-refractivity contribution is 5.98. The maximum Gasteiger partial charge on any atom is 0.356 e. The molecule has 0 saturated carbocycles. The lowest BCUT2D eigenvalue weighted by molar-refractivity contribution is -0.385. The average Bonchev–Trinajstić information content (AvgIpc) is 3.21. The van der Waals surface area contributed by atoms with Crippen LogP contribution in [0.1, 0.15) is 64.5 Å². The van der Waals surface area contributed by atoms with Gasteiger partial charge in [-0.1, -0.05) is 17.3 Å². The molecule has 2 aromatic carbocycles. The number of hydrogen-bond acceptors (Lipinski definition) is 10. The molecule has 0 radical (unpaired) electrons. The standard InChI is InChI=1S/C23H25N5O8/c1-23(2,3)36-22(32)14-9-10-15(18(16(14)24)28(33)34)20(29)17-19(21(30)31)27(26-25-17)11-12-5-7-13(35-4)8-6-12/h5-10,20,29H,11,24H2,1-4H3,(H,30,31). The maximum atomic E-state index is 12.5. The van der Waals surface area contributed by atoms with Crippen LogP contribution in [0.4, 0.5) is 11.4 Å². The van der Waals surface area contributed by atoms with Gasteiger partial charge < -0.3 is 25.4 Å². The van der Waals surface area contributed by atoms with Crippen molar-refractivity contribution in [1.82, 2.24) is 15.0 Å². The van der Waals surface area contributed by atoms with Gasteiger partial charge in [-0.15, -0.1) is 5.10 Å². The highest BCUT2D eigenvalue weighted by Gasteiger charge is 2.34. The summed E-state index contributed by atoms with van der Waals surface area (Å²) in [5.74, 6) is -1.74. The number of carboxylic acids is 1. The number of nitrogens with zero attached hydrogens (tertiary/aromatic N) is 4. The van der Waals surface area contributed by atoms with E-state index in [1.165, 1.54) is 7.11 Å². The molecule has 0 saturated heterocycles. The molecule has 0 fully saturated rings. The zero-order valence-electron chi connectivity index (χ0n) is 20.0. The quantitative estimate of drug-likeness (QED) is 0.178. The number of carbonyl (C=O) groups excluding carboxylic acids is 1. The molecule has 0 aliphatic heterocycles. The number of aromatic carboxylic acids is 1. The molecule has 1 atom stereocenters. The third kappa shape index (κ3) is 5.41. The lowest BCUT2D eigenvalue weighted by atomic mass is 9.99. The van der Waals surface area contributed by atoms with Crippen LogP contribution in [0.5, 0.6) is 5.75 Å². The number of carbonyl (C=O) groups is 2. The molecule has 36 heavy (non-hydrogen) atoms. The summed E-state index contributed by atoms with van der Waals surface area (Å²) in [6.45, 7) is 4.86. The molecule has 13 heteroatoms. The van der Waals surface area contributed by atoms with Gasteiger partial charge in [0.1, 0.15) is 28.8 Å². The number of aliphatic hydroxyl groups excluding tert-OH is 1. The molecule has 0 aliphatic rings. The van der Waals surface area contributed by atoms with Gasteiger partial charge in [0.05, 0.1) is 29.7 Å². The van der Waals surface area contributed by atoms with Crippen molar-refractivity contribution >= 4 is 23.3 Å². The number of esters is 1. The first kappa shape index (κ1) is 26.1. The van der Waals surface area contributed by atoms with Crippen LogP contribution in [-0.2, 0) is 11.3 Å².